The van der Waals surface area contributed by atoms with Crippen molar-refractivity contribution in [3.8, 4) is 0 Å². The molecule has 0 fully saturated rings. The van der Waals surface area contributed by atoms with Crippen LogP contribution in [0.25, 0.3) is 0 Å². The van der Waals surface area contributed by atoms with Crippen LogP contribution in [0.15, 0.2) is 48.5 Å². The van der Waals surface area contributed by atoms with E-state index >= 15 is 0 Å². The Bertz CT molecular complexity index is 681. The van der Waals surface area contributed by atoms with Crippen molar-refractivity contribution in [3.63, 3.8) is 0 Å². The molecule has 0 unspecified atom stereocenters. The molecule has 0 radical (unpaired) electrons. The highest BCUT2D eigenvalue weighted by atomic mass is 19.4. The third-order valence-corrected chi connectivity index (χ3v) is 3.64. The molecule has 0 saturated carbocycles. The number of nitrogens with one attached hydrogen (secondary N) is 1. The normalized spacial score (nSPS) is 11.3. The second kappa shape index (κ2) is 7.97. The molecule has 0 aliphatic rings. The number of aryl methyl sites for hydroxylation is 1. The van der Waals surface area contributed by atoms with Gasteiger partial charge in [0.15, 0.2) is 0 Å². The third kappa shape index (κ3) is 5.38. The summed E-state index contributed by atoms with van der Waals surface area (Å²) in [7, 11) is 0. The smallest absolute Gasteiger partial charge is 0.389 e. The minimum absolute atomic E-state index is 0.102. The van der Waals surface area contributed by atoms with E-state index in [1.54, 1.807) is 12.1 Å². The number of carbonyl (C=O) groups is 1. The van der Waals surface area contributed by atoms with Crippen LogP contribution in [0.4, 0.5) is 13.2 Å². The summed E-state index contributed by atoms with van der Waals surface area (Å²) < 4.78 is 36.6. The molecule has 3 nitrogen and oxygen atoms in total. The SMILES string of the molecule is O=C(NCc1ccccc1CO)c1ccc(CCC(F)(F)F)cc1. The summed E-state index contributed by atoms with van der Waals surface area (Å²) in [5.41, 5.74) is 2.47. The zero-order valence-electron chi connectivity index (χ0n) is 12.9. The maximum Gasteiger partial charge on any atom is 0.389 e. The van der Waals surface area contributed by atoms with Gasteiger partial charge >= 0.3 is 6.18 Å². The van der Waals surface area contributed by atoms with Crippen LogP contribution in [0.5, 0.6) is 0 Å². The van der Waals surface area contributed by atoms with E-state index in [4.69, 9.17) is 0 Å². The van der Waals surface area contributed by atoms with Crippen molar-refractivity contribution >= 4 is 5.91 Å². The molecule has 0 saturated heterocycles. The molecule has 2 N–H and O–H groups in total. The van der Waals surface area contributed by atoms with E-state index in [-0.39, 0.29) is 25.5 Å². The van der Waals surface area contributed by atoms with Crippen molar-refractivity contribution in [2.75, 3.05) is 0 Å². The van der Waals surface area contributed by atoms with Crippen molar-refractivity contribution in [3.05, 3.63) is 70.8 Å². The summed E-state index contributed by atoms with van der Waals surface area (Å²) in [6.45, 7) is 0.158. The van der Waals surface area contributed by atoms with Gasteiger partial charge in [-0.1, -0.05) is 36.4 Å². The van der Waals surface area contributed by atoms with Gasteiger partial charge < -0.3 is 10.4 Å². The average molecular weight is 337 g/mol. The highest BCUT2D eigenvalue weighted by molar-refractivity contribution is 5.94. The van der Waals surface area contributed by atoms with Crippen LogP contribution in [0, 0.1) is 0 Å². The van der Waals surface area contributed by atoms with Gasteiger partial charge in [-0.2, -0.15) is 13.2 Å². The van der Waals surface area contributed by atoms with Gasteiger partial charge in [0.2, 0.25) is 0 Å². The lowest BCUT2D eigenvalue weighted by Gasteiger charge is -2.10. The Balaban J connectivity index is 1.93. The summed E-state index contributed by atoms with van der Waals surface area (Å²) in [4.78, 5) is 12.1. The largest absolute Gasteiger partial charge is 0.392 e. The molecular formula is C18H18F3NO2. The van der Waals surface area contributed by atoms with Crippen LogP contribution in [-0.2, 0) is 19.6 Å². The van der Waals surface area contributed by atoms with Crippen molar-refractivity contribution in [2.24, 2.45) is 0 Å². The number of benzene rings is 2. The fourth-order valence-corrected chi connectivity index (χ4v) is 2.27. The summed E-state index contributed by atoms with van der Waals surface area (Å²) in [5.74, 6) is -0.315. The molecule has 0 atom stereocenters. The van der Waals surface area contributed by atoms with Crippen LogP contribution in [0.2, 0.25) is 0 Å². The number of hydrogen-bond donors (Lipinski definition) is 2. The van der Waals surface area contributed by atoms with Gasteiger partial charge in [0, 0.05) is 18.5 Å². The second-order valence-electron chi connectivity index (χ2n) is 5.42. The van der Waals surface area contributed by atoms with Gasteiger partial charge in [-0.25, -0.2) is 0 Å². The highest BCUT2D eigenvalue weighted by Crippen LogP contribution is 2.22. The molecule has 2 aromatic rings. The first-order valence-corrected chi connectivity index (χ1v) is 7.50. The third-order valence-electron chi connectivity index (χ3n) is 3.64. The van der Waals surface area contributed by atoms with Crippen molar-refractivity contribution in [1.29, 1.82) is 0 Å². The summed E-state index contributed by atoms with van der Waals surface area (Å²) >= 11 is 0. The number of amides is 1. The van der Waals surface area contributed by atoms with Gasteiger partial charge in [-0.3, -0.25) is 4.79 Å². The number of aliphatic hydroxyl groups is 1. The number of alkyl halides is 3. The Morgan fingerprint density at radius 3 is 2.21 bits per heavy atom. The van der Waals surface area contributed by atoms with Crippen molar-refractivity contribution in [1.82, 2.24) is 5.32 Å². The molecule has 24 heavy (non-hydrogen) atoms. The van der Waals surface area contributed by atoms with E-state index in [9.17, 15) is 23.1 Å². The molecule has 6 heteroatoms. The van der Waals surface area contributed by atoms with Gasteiger partial charge in [0.05, 0.1) is 6.61 Å². The molecule has 2 aromatic carbocycles. The van der Waals surface area contributed by atoms with Crippen LogP contribution >= 0.6 is 0 Å². The molecule has 0 spiro atoms. The molecule has 2 rings (SSSR count). The number of carbonyl (C=O) groups excluding carboxylic acids is 1. The maximum atomic E-state index is 12.2. The Labute approximate surface area is 138 Å². The molecule has 0 bridgehead atoms. The number of hydrogen-bond acceptors (Lipinski definition) is 2. The Morgan fingerprint density at radius 2 is 1.62 bits per heavy atom. The van der Waals surface area contributed by atoms with Crippen LogP contribution in [-0.4, -0.2) is 17.2 Å². The Kier molecular flexibility index (Phi) is 5.98. The van der Waals surface area contributed by atoms with E-state index in [1.165, 1.54) is 24.3 Å². The highest BCUT2D eigenvalue weighted by Gasteiger charge is 2.26. The topological polar surface area (TPSA) is 49.3 Å². The molecule has 0 aliphatic carbocycles. The monoisotopic (exact) mass is 337 g/mol. The first-order valence-electron chi connectivity index (χ1n) is 7.50. The van der Waals surface area contributed by atoms with E-state index in [0.717, 1.165) is 11.1 Å². The zero-order chi connectivity index (χ0) is 17.6. The minimum atomic E-state index is -4.18. The minimum Gasteiger partial charge on any atom is -0.392 e. The summed E-state index contributed by atoms with van der Waals surface area (Å²) in [6, 6.07) is 13.3. The van der Waals surface area contributed by atoms with E-state index in [1.807, 2.05) is 12.1 Å². The molecule has 128 valence electrons. The Morgan fingerprint density at radius 1 is 1.00 bits per heavy atom. The lowest BCUT2D eigenvalue weighted by molar-refractivity contribution is -0.134. The fourth-order valence-electron chi connectivity index (χ4n) is 2.27. The van der Waals surface area contributed by atoms with Gasteiger partial charge in [-0.05, 0) is 35.2 Å². The van der Waals surface area contributed by atoms with Gasteiger partial charge in [0.1, 0.15) is 0 Å². The average Bonchev–Trinajstić information content (AvgIpc) is 2.58. The lowest BCUT2D eigenvalue weighted by atomic mass is 10.1. The summed E-state index contributed by atoms with van der Waals surface area (Å²) in [5, 5.41) is 12.0. The number of rotatable bonds is 6. The van der Waals surface area contributed by atoms with Gasteiger partial charge in [-0.15, -0.1) is 0 Å². The van der Waals surface area contributed by atoms with E-state index < -0.39 is 12.6 Å². The van der Waals surface area contributed by atoms with E-state index in [0.29, 0.717) is 11.1 Å². The standard InChI is InChI=1S/C18H18F3NO2/c19-18(20,21)10-9-13-5-7-14(8-6-13)17(24)22-11-15-3-1-2-4-16(15)12-23/h1-8,23H,9-12H2,(H,22,24). The first-order chi connectivity index (χ1) is 11.4. The second-order valence-corrected chi connectivity index (χ2v) is 5.42. The Hall–Kier alpha value is -2.34. The van der Waals surface area contributed by atoms with E-state index in [2.05, 4.69) is 5.32 Å². The van der Waals surface area contributed by atoms with Crippen LogP contribution in [0.1, 0.15) is 33.5 Å². The summed E-state index contributed by atoms with van der Waals surface area (Å²) in [6.07, 6.45) is -5.16. The van der Waals surface area contributed by atoms with Gasteiger partial charge in [0.25, 0.3) is 5.91 Å². The quantitative estimate of drug-likeness (QED) is 0.846. The molecule has 0 heterocycles. The molecule has 1 amide bonds. The lowest BCUT2D eigenvalue weighted by Crippen LogP contribution is -2.23. The number of halogens is 3. The predicted octanol–water partition coefficient (Wildman–Crippen LogP) is 3.60. The fraction of sp³-hybridized carbons (Fsp3) is 0.278. The molecular weight excluding hydrogens is 319 g/mol. The maximum absolute atomic E-state index is 12.2. The van der Waals surface area contributed by atoms with Crippen molar-refractivity contribution in [2.45, 2.75) is 32.2 Å². The number of aliphatic hydroxyl groups excluding tert-OH is 1. The van der Waals surface area contributed by atoms with Crippen molar-refractivity contribution < 1.29 is 23.1 Å². The van der Waals surface area contributed by atoms with Crippen LogP contribution < -0.4 is 5.32 Å². The molecule has 0 aliphatic heterocycles. The first kappa shape index (κ1) is 18.0. The molecule has 0 aromatic heterocycles. The predicted molar refractivity (Wildman–Crippen MR) is 84.4 cm³/mol. The van der Waals surface area contributed by atoms with Crippen LogP contribution in [0.3, 0.4) is 0 Å². The zero-order valence-corrected chi connectivity index (χ0v) is 12.9.